The number of ether oxygens (including phenoxy) is 2. The van der Waals surface area contributed by atoms with Crippen LogP contribution in [0.15, 0.2) is 47.5 Å². The summed E-state index contributed by atoms with van der Waals surface area (Å²) < 4.78 is 10.8. The molecule has 2 aromatic rings. The molecular formula is C23H34IN5O3. The lowest BCUT2D eigenvalue weighted by Crippen LogP contribution is -2.38. The van der Waals surface area contributed by atoms with E-state index in [9.17, 15) is 4.79 Å². The summed E-state index contributed by atoms with van der Waals surface area (Å²) in [6, 6.07) is 13.4. The fourth-order valence-electron chi connectivity index (χ4n) is 3.01. The lowest BCUT2D eigenvalue weighted by atomic mass is 10.2. The quantitative estimate of drug-likeness (QED) is 0.260. The van der Waals surface area contributed by atoms with Crippen LogP contribution in [0.25, 0.3) is 0 Å². The number of carbonyl (C=O) groups excluding carboxylic acids is 1. The Morgan fingerprint density at radius 3 is 2.34 bits per heavy atom. The van der Waals surface area contributed by atoms with Crippen LogP contribution in [-0.2, 0) is 13.1 Å². The van der Waals surface area contributed by atoms with Crippen LogP contribution in [0.5, 0.6) is 11.5 Å². The Bertz CT molecular complexity index is 888. The molecule has 0 spiro atoms. The zero-order chi connectivity index (χ0) is 22.8. The first-order chi connectivity index (χ1) is 14.9. The molecule has 32 heavy (non-hydrogen) atoms. The Kier molecular flexibility index (Phi) is 11.7. The van der Waals surface area contributed by atoms with E-state index in [0.29, 0.717) is 13.1 Å². The molecule has 0 saturated heterocycles. The SMILES string of the molecule is CN=C(NCc1ccc(NC(=O)NC(C)C)cc1)N(C)Cc1ccc(OC)cc1OC.I. The Balaban J connectivity index is 0.00000512. The highest BCUT2D eigenvalue weighted by molar-refractivity contribution is 14.0. The number of benzene rings is 2. The maximum absolute atomic E-state index is 11.8. The van der Waals surface area contributed by atoms with Crippen molar-refractivity contribution in [2.24, 2.45) is 4.99 Å². The number of carbonyl (C=O) groups is 1. The van der Waals surface area contributed by atoms with E-state index in [2.05, 4.69) is 20.9 Å². The number of methoxy groups -OCH3 is 2. The molecule has 0 aliphatic carbocycles. The molecule has 8 nitrogen and oxygen atoms in total. The molecule has 0 aliphatic rings. The molecule has 0 saturated carbocycles. The van der Waals surface area contributed by atoms with E-state index < -0.39 is 0 Å². The summed E-state index contributed by atoms with van der Waals surface area (Å²) in [5.41, 5.74) is 2.85. The van der Waals surface area contributed by atoms with Gasteiger partial charge in [0.2, 0.25) is 0 Å². The number of rotatable bonds is 8. The Hall–Kier alpha value is -2.69. The molecule has 176 valence electrons. The average Bonchev–Trinajstić information content (AvgIpc) is 2.75. The highest BCUT2D eigenvalue weighted by Gasteiger charge is 2.11. The van der Waals surface area contributed by atoms with Crippen LogP contribution in [0.4, 0.5) is 10.5 Å². The third-order valence-corrected chi connectivity index (χ3v) is 4.56. The van der Waals surface area contributed by atoms with Crippen LogP contribution in [-0.4, -0.2) is 51.2 Å². The molecule has 2 aromatic carbocycles. The van der Waals surface area contributed by atoms with Gasteiger partial charge in [0.25, 0.3) is 0 Å². The topological polar surface area (TPSA) is 87.2 Å². The third kappa shape index (κ3) is 8.45. The molecule has 0 atom stereocenters. The van der Waals surface area contributed by atoms with Gasteiger partial charge in [0.1, 0.15) is 11.5 Å². The highest BCUT2D eigenvalue weighted by Crippen LogP contribution is 2.25. The Morgan fingerprint density at radius 2 is 1.78 bits per heavy atom. The average molecular weight is 555 g/mol. The first-order valence-corrected chi connectivity index (χ1v) is 10.2. The molecule has 0 aliphatic heterocycles. The van der Waals surface area contributed by atoms with Crippen LogP contribution in [0.3, 0.4) is 0 Å². The number of guanidine groups is 1. The number of aliphatic imine (C=N–C) groups is 1. The van der Waals surface area contributed by atoms with Crippen molar-refractivity contribution >= 4 is 41.7 Å². The van der Waals surface area contributed by atoms with Crippen molar-refractivity contribution in [1.82, 2.24) is 15.5 Å². The Labute approximate surface area is 207 Å². The zero-order valence-electron chi connectivity index (χ0n) is 19.6. The van der Waals surface area contributed by atoms with Gasteiger partial charge in [-0.2, -0.15) is 0 Å². The molecule has 0 fully saturated rings. The van der Waals surface area contributed by atoms with Crippen molar-refractivity contribution in [1.29, 1.82) is 0 Å². The standard InChI is InChI=1S/C23H33N5O3.HI/c1-16(2)26-23(29)27-19-10-7-17(8-11-19)14-25-22(24-3)28(4)15-18-9-12-20(30-5)13-21(18)31-6;/h7-13,16H,14-15H2,1-6H3,(H,24,25)(H2,26,27,29);1H. The van der Waals surface area contributed by atoms with Gasteiger partial charge in [0.15, 0.2) is 5.96 Å². The van der Waals surface area contributed by atoms with E-state index in [1.165, 1.54) is 0 Å². The Morgan fingerprint density at radius 1 is 1.09 bits per heavy atom. The molecule has 0 unspecified atom stereocenters. The second kappa shape index (κ2) is 13.7. The normalized spacial score (nSPS) is 10.8. The van der Waals surface area contributed by atoms with Gasteiger partial charge in [0, 0.05) is 50.5 Å². The fraction of sp³-hybridized carbons (Fsp3) is 0.391. The molecule has 2 rings (SSSR count). The van der Waals surface area contributed by atoms with Crippen molar-refractivity contribution < 1.29 is 14.3 Å². The number of nitrogens with one attached hydrogen (secondary N) is 3. The molecule has 0 radical (unpaired) electrons. The predicted molar refractivity (Wildman–Crippen MR) is 140 cm³/mol. The summed E-state index contributed by atoms with van der Waals surface area (Å²) in [4.78, 5) is 18.2. The lowest BCUT2D eigenvalue weighted by Gasteiger charge is -2.23. The molecule has 0 bridgehead atoms. The number of nitrogens with zero attached hydrogens (tertiary/aromatic N) is 2. The first kappa shape index (κ1) is 27.3. The lowest BCUT2D eigenvalue weighted by molar-refractivity contribution is 0.250. The number of anilines is 1. The maximum Gasteiger partial charge on any atom is 0.319 e. The summed E-state index contributed by atoms with van der Waals surface area (Å²) in [7, 11) is 7.01. The van der Waals surface area contributed by atoms with Gasteiger partial charge < -0.3 is 30.3 Å². The van der Waals surface area contributed by atoms with Crippen LogP contribution < -0.4 is 25.4 Å². The van der Waals surface area contributed by atoms with Crippen molar-refractivity contribution in [3.05, 3.63) is 53.6 Å². The van der Waals surface area contributed by atoms with Gasteiger partial charge in [0.05, 0.1) is 14.2 Å². The highest BCUT2D eigenvalue weighted by atomic mass is 127. The van der Waals surface area contributed by atoms with E-state index in [1.54, 1.807) is 21.3 Å². The van der Waals surface area contributed by atoms with E-state index in [1.807, 2.05) is 68.3 Å². The zero-order valence-corrected chi connectivity index (χ0v) is 21.9. The van der Waals surface area contributed by atoms with Gasteiger partial charge in [-0.25, -0.2) is 4.79 Å². The van der Waals surface area contributed by atoms with Gasteiger partial charge in [-0.3, -0.25) is 4.99 Å². The molecule has 3 N–H and O–H groups in total. The number of amides is 2. The number of hydrogen-bond acceptors (Lipinski definition) is 4. The van der Waals surface area contributed by atoms with Crippen molar-refractivity contribution in [3.8, 4) is 11.5 Å². The van der Waals surface area contributed by atoms with Crippen molar-refractivity contribution in [2.75, 3.05) is 33.6 Å². The predicted octanol–water partition coefficient (Wildman–Crippen LogP) is 4.06. The molecule has 0 aromatic heterocycles. The number of urea groups is 1. The molecular weight excluding hydrogens is 521 g/mol. The summed E-state index contributed by atoms with van der Waals surface area (Å²) in [6.07, 6.45) is 0. The third-order valence-electron chi connectivity index (χ3n) is 4.56. The maximum atomic E-state index is 11.8. The van der Waals surface area contributed by atoms with Gasteiger partial charge >= 0.3 is 6.03 Å². The van der Waals surface area contributed by atoms with Gasteiger partial charge in [-0.05, 0) is 43.7 Å². The van der Waals surface area contributed by atoms with Gasteiger partial charge in [-0.1, -0.05) is 12.1 Å². The van der Waals surface area contributed by atoms with Crippen molar-refractivity contribution in [3.63, 3.8) is 0 Å². The van der Waals surface area contributed by atoms with E-state index in [0.717, 1.165) is 34.3 Å². The minimum absolute atomic E-state index is 0. The molecule has 9 heteroatoms. The van der Waals surface area contributed by atoms with Crippen LogP contribution in [0, 0.1) is 0 Å². The van der Waals surface area contributed by atoms with E-state index >= 15 is 0 Å². The minimum atomic E-state index is -0.211. The van der Waals surface area contributed by atoms with E-state index in [-0.39, 0.29) is 36.0 Å². The fourth-order valence-corrected chi connectivity index (χ4v) is 3.01. The second-order valence-corrected chi connectivity index (χ2v) is 7.38. The molecule has 0 heterocycles. The monoisotopic (exact) mass is 555 g/mol. The smallest absolute Gasteiger partial charge is 0.319 e. The van der Waals surface area contributed by atoms with Gasteiger partial charge in [-0.15, -0.1) is 24.0 Å². The van der Waals surface area contributed by atoms with E-state index in [4.69, 9.17) is 9.47 Å². The second-order valence-electron chi connectivity index (χ2n) is 7.38. The number of hydrogen-bond donors (Lipinski definition) is 3. The van der Waals surface area contributed by atoms with Crippen LogP contribution in [0.1, 0.15) is 25.0 Å². The van der Waals surface area contributed by atoms with Crippen LogP contribution in [0.2, 0.25) is 0 Å². The summed E-state index contributed by atoms with van der Waals surface area (Å²) in [5.74, 6) is 2.29. The van der Waals surface area contributed by atoms with Crippen LogP contribution >= 0.6 is 24.0 Å². The minimum Gasteiger partial charge on any atom is -0.497 e. The number of halogens is 1. The summed E-state index contributed by atoms with van der Waals surface area (Å²) in [5, 5.41) is 8.98. The largest absolute Gasteiger partial charge is 0.497 e. The molecule has 2 amide bonds. The summed E-state index contributed by atoms with van der Waals surface area (Å²) >= 11 is 0. The van der Waals surface area contributed by atoms with Crippen molar-refractivity contribution in [2.45, 2.75) is 33.0 Å². The summed E-state index contributed by atoms with van der Waals surface area (Å²) in [6.45, 7) is 5.07. The first-order valence-electron chi connectivity index (χ1n) is 10.2.